The second-order valence-electron chi connectivity index (χ2n) is 15.9. The van der Waals surface area contributed by atoms with E-state index in [0.717, 1.165) is 84.4 Å². The fourth-order valence-electron chi connectivity index (χ4n) is 8.04. The molecule has 0 radical (unpaired) electrons. The van der Waals surface area contributed by atoms with Crippen molar-refractivity contribution in [2.75, 3.05) is 40.3 Å². The standard InChI is InChI=1S/C48H59N5O3/c1-8-10-24-51(25-11-9-2)47(55)42-31-45(50(7)35(42)4)43-28-39-22-26-52(46(54)30-38-19-13-12-17-36(38)21-16-23-49(5)6)32-41(39)29-44(43)48(56)53-33-40-20-15-14-18-37(40)27-34(53)3/h12-15,17-20,28-29,31,34H,8-11,22-27,30,32-33H2,1-7H3/t34-/m1/s1. The third kappa shape index (κ3) is 8.95. The van der Waals surface area contributed by atoms with Crippen LogP contribution in [0.1, 0.15) is 106 Å². The van der Waals surface area contributed by atoms with Crippen molar-refractivity contribution in [1.29, 1.82) is 0 Å². The number of carbonyl (C=O) groups excluding carboxylic acids is 3. The van der Waals surface area contributed by atoms with Crippen LogP contribution in [0.4, 0.5) is 0 Å². The van der Waals surface area contributed by atoms with Gasteiger partial charge in [-0.3, -0.25) is 19.3 Å². The molecule has 6 rings (SSSR count). The number of amides is 3. The quantitative estimate of drug-likeness (QED) is 0.139. The Labute approximate surface area is 334 Å². The van der Waals surface area contributed by atoms with Crippen molar-refractivity contribution in [3.63, 3.8) is 0 Å². The van der Waals surface area contributed by atoms with Crippen LogP contribution < -0.4 is 0 Å². The Balaban J connectivity index is 1.36. The highest BCUT2D eigenvalue weighted by Crippen LogP contribution is 2.35. The first kappa shape index (κ1) is 40.5. The van der Waals surface area contributed by atoms with Crippen LogP contribution in [0.3, 0.4) is 0 Å². The summed E-state index contributed by atoms with van der Waals surface area (Å²) >= 11 is 0. The summed E-state index contributed by atoms with van der Waals surface area (Å²) in [5.74, 6) is 6.54. The molecule has 3 amide bonds. The Bertz CT molecular complexity index is 2130. The van der Waals surface area contributed by atoms with Crippen molar-refractivity contribution < 1.29 is 14.4 Å². The molecule has 0 saturated carbocycles. The lowest BCUT2D eigenvalue weighted by Gasteiger charge is -2.36. The van der Waals surface area contributed by atoms with E-state index >= 15 is 0 Å². The van der Waals surface area contributed by atoms with Gasteiger partial charge in [0, 0.05) is 73.9 Å². The van der Waals surface area contributed by atoms with Crippen LogP contribution in [0.5, 0.6) is 0 Å². The third-order valence-electron chi connectivity index (χ3n) is 11.6. The number of unbranched alkanes of at least 4 members (excludes halogenated alkanes) is 2. The van der Waals surface area contributed by atoms with Crippen molar-refractivity contribution in [2.24, 2.45) is 7.05 Å². The first-order valence-corrected chi connectivity index (χ1v) is 20.5. The molecule has 0 bridgehead atoms. The molecule has 0 N–H and O–H groups in total. The molecule has 0 aliphatic carbocycles. The second kappa shape index (κ2) is 18.2. The second-order valence-corrected chi connectivity index (χ2v) is 15.9. The average molecular weight is 754 g/mol. The minimum absolute atomic E-state index is 0.0122. The predicted octanol–water partition coefficient (Wildman–Crippen LogP) is 7.67. The van der Waals surface area contributed by atoms with Crippen molar-refractivity contribution in [2.45, 2.75) is 91.8 Å². The van der Waals surface area contributed by atoms with Crippen LogP contribution >= 0.6 is 0 Å². The van der Waals surface area contributed by atoms with E-state index in [9.17, 15) is 14.4 Å². The van der Waals surface area contributed by atoms with Crippen LogP contribution in [-0.2, 0) is 44.2 Å². The zero-order valence-electron chi connectivity index (χ0n) is 34.6. The average Bonchev–Trinajstić information content (AvgIpc) is 3.49. The van der Waals surface area contributed by atoms with Gasteiger partial charge >= 0.3 is 0 Å². The fraction of sp³-hybridized carbons (Fsp3) is 0.438. The lowest BCUT2D eigenvalue weighted by atomic mass is 9.89. The van der Waals surface area contributed by atoms with E-state index in [-0.39, 0.29) is 30.2 Å². The summed E-state index contributed by atoms with van der Waals surface area (Å²) < 4.78 is 2.08. The van der Waals surface area contributed by atoms with E-state index in [1.165, 1.54) is 11.1 Å². The lowest BCUT2D eigenvalue weighted by molar-refractivity contribution is -0.131. The van der Waals surface area contributed by atoms with E-state index < -0.39 is 0 Å². The number of carbonyl (C=O) groups is 3. The lowest BCUT2D eigenvalue weighted by Crippen LogP contribution is -2.43. The number of benzene rings is 3. The van der Waals surface area contributed by atoms with Crippen LogP contribution in [0, 0.1) is 18.8 Å². The van der Waals surface area contributed by atoms with Crippen molar-refractivity contribution in [3.8, 4) is 23.1 Å². The maximum absolute atomic E-state index is 14.9. The number of nitrogens with zero attached hydrogens (tertiary/aromatic N) is 5. The molecule has 0 saturated heterocycles. The fourth-order valence-corrected chi connectivity index (χ4v) is 8.04. The summed E-state index contributed by atoms with van der Waals surface area (Å²) in [7, 11) is 5.98. The molecule has 8 heteroatoms. The van der Waals surface area contributed by atoms with Gasteiger partial charge < -0.3 is 19.3 Å². The molecule has 0 fully saturated rings. The molecule has 0 unspecified atom stereocenters. The summed E-state index contributed by atoms with van der Waals surface area (Å²) in [5.41, 5.74) is 10.3. The normalized spacial score (nSPS) is 14.9. The Morgan fingerprint density at radius 2 is 1.54 bits per heavy atom. The first-order chi connectivity index (χ1) is 27.0. The van der Waals surface area contributed by atoms with Gasteiger partial charge in [-0.25, -0.2) is 0 Å². The smallest absolute Gasteiger partial charge is 0.255 e. The molecule has 2 aliphatic heterocycles. The Morgan fingerprint density at radius 3 is 2.25 bits per heavy atom. The van der Waals surface area contributed by atoms with E-state index in [1.807, 2.05) is 90.1 Å². The van der Waals surface area contributed by atoms with Crippen molar-refractivity contribution >= 4 is 17.7 Å². The van der Waals surface area contributed by atoms with Gasteiger partial charge in [0.15, 0.2) is 0 Å². The van der Waals surface area contributed by atoms with Crippen LogP contribution in [0.2, 0.25) is 0 Å². The number of rotatable bonds is 12. The highest BCUT2D eigenvalue weighted by atomic mass is 16.2. The van der Waals surface area contributed by atoms with Gasteiger partial charge in [-0.2, -0.15) is 0 Å². The monoisotopic (exact) mass is 753 g/mol. The molecule has 56 heavy (non-hydrogen) atoms. The molecular weight excluding hydrogens is 695 g/mol. The van der Waals surface area contributed by atoms with Crippen LogP contribution in [-0.4, -0.2) is 88.2 Å². The molecule has 294 valence electrons. The number of aromatic nitrogens is 1. The van der Waals surface area contributed by atoms with Gasteiger partial charge in [-0.15, -0.1) is 0 Å². The molecule has 3 heterocycles. The maximum Gasteiger partial charge on any atom is 0.255 e. The van der Waals surface area contributed by atoms with E-state index in [0.29, 0.717) is 43.7 Å². The Kier molecular flexibility index (Phi) is 13.2. The summed E-state index contributed by atoms with van der Waals surface area (Å²) in [4.78, 5) is 51.0. The predicted molar refractivity (Wildman–Crippen MR) is 225 cm³/mol. The highest BCUT2D eigenvalue weighted by Gasteiger charge is 2.32. The van der Waals surface area contributed by atoms with E-state index in [2.05, 4.69) is 61.4 Å². The SMILES string of the molecule is CCCCN(CCCC)C(=O)c1cc(-c2cc3c(cc2C(=O)N2Cc4ccccc4C[C@H]2C)CN(C(=O)Cc2ccccc2C#CCN(C)C)CC3)n(C)c1C. The molecule has 4 aromatic rings. The maximum atomic E-state index is 14.9. The molecule has 1 atom stereocenters. The van der Waals surface area contributed by atoms with Gasteiger partial charge in [0.25, 0.3) is 11.8 Å². The number of hydrogen-bond acceptors (Lipinski definition) is 4. The van der Waals surface area contributed by atoms with Gasteiger partial charge in [0.1, 0.15) is 0 Å². The van der Waals surface area contributed by atoms with Crippen LogP contribution in [0.25, 0.3) is 11.3 Å². The molecule has 0 spiro atoms. The Morgan fingerprint density at radius 1 is 0.839 bits per heavy atom. The zero-order valence-corrected chi connectivity index (χ0v) is 34.6. The minimum atomic E-state index is -0.0299. The summed E-state index contributed by atoms with van der Waals surface area (Å²) in [6.45, 7) is 12.1. The summed E-state index contributed by atoms with van der Waals surface area (Å²) in [6, 6.07) is 22.5. The van der Waals surface area contributed by atoms with Gasteiger partial charge in [0.2, 0.25) is 5.91 Å². The van der Waals surface area contributed by atoms with Crippen molar-refractivity contribution in [3.05, 3.63) is 117 Å². The molecule has 8 nitrogen and oxygen atoms in total. The van der Waals surface area contributed by atoms with Gasteiger partial charge in [-0.05, 0) is 106 Å². The largest absolute Gasteiger partial charge is 0.347 e. The molecular formula is C48H59N5O3. The highest BCUT2D eigenvalue weighted by molar-refractivity contribution is 6.03. The number of hydrogen-bond donors (Lipinski definition) is 0. The van der Waals surface area contributed by atoms with Crippen LogP contribution in [0.15, 0.2) is 66.7 Å². The number of fused-ring (bicyclic) bond motifs is 2. The third-order valence-corrected chi connectivity index (χ3v) is 11.6. The molecule has 1 aromatic heterocycles. The topological polar surface area (TPSA) is 69.1 Å². The van der Waals surface area contributed by atoms with Crippen molar-refractivity contribution in [1.82, 2.24) is 24.2 Å². The minimum Gasteiger partial charge on any atom is -0.347 e. The molecule has 2 aliphatic rings. The van der Waals surface area contributed by atoms with E-state index in [1.54, 1.807) is 0 Å². The van der Waals surface area contributed by atoms with E-state index in [4.69, 9.17) is 0 Å². The van der Waals surface area contributed by atoms with Gasteiger partial charge in [0.05, 0.1) is 18.5 Å². The zero-order chi connectivity index (χ0) is 39.9. The Hall–Kier alpha value is -5.13. The molecule has 3 aromatic carbocycles. The summed E-state index contributed by atoms with van der Waals surface area (Å²) in [6.07, 6.45) is 5.71. The summed E-state index contributed by atoms with van der Waals surface area (Å²) in [5, 5.41) is 0. The van der Waals surface area contributed by atoms with Gasteiger partial charge in [-0.1, -0.05) is 81.0 Å². The first-order valence-electron chi connectivity index (χ1n) is 20.5.